The van der Waals surface area contributed by atoms with Gasteiger partial charge in [-0.2, -0.15) is 0 Å². The zero-order chi connectivity index (χ0) is 11.1. The molecule has 0 amide bonds. The van der Waals surface area contributed by atoms with Crippen molar-refractivity contribution in [3.8, 4) is 0 Å². The highest BCUT2D eigenvalue weighted by Gasteiger charge is 2.31. The Kier molecular flexibility index (Phi) is 2.68. The van der Waals surface area contributed by atoms with Gasteiger partial charge in [-0.1, -0.05) is 15.9 Å². The fourth-order valence-electron chi connectivity index (χ4n) is 3.03. The van der Waals surface area contributed by atoms with Gasteiger partial charge in [0.25, 0.3) is 0 Å². The van der Waals surface area contributed by atoms with Crippen LogP contribution in [0.4, 0.5) is 5.69 Å². The zero-order valence-corrected chi connectivity index (χ0v) is 10.9. The Balaban J connectivity index is 1.94. The molecule has 2 aliphatic heterocycles. The third kappa shape index (κ3) is 1.76. The molecule has 2 unspecified atom stereocenters. The monoisotopic (exact) mass is 280 g/mol. The summed E-state index contributed by atoms with van der Waals surface area (Å²) in [5.74, 6) is 0. The van der Waals surface area contributed by atoms with Gasteiger partial charge in [-0.15, -0.1) is 0 Å². The van der Waals surface area contributed by atoms with E-state index >= 15 is 0 Å². The van der Waals surface area contributed by atoms with Crippen molar-refractivity contribution >= 4 is 21.6 Å². The average Bonchev–Trinajstić information content (AvgIpc) is 2.28. The number of aryl methyl sites for hydroxylation is 1. The SMILES string of the molecule is NC1CCN2c3ccc(Br)cc3CCC2C1. The second-order valence-electron chi connectivity index (χ2n) is 4.94. The van der Waals surface area contributed by atoms with Gasteiger partial charge in [0.2, 0.25) is 0 Å². The van der Waals surface area contributed by atoms with E-state index in [-0.39, 0.29) is 0 Å². The maximum atomic E-state index is 6.05. The van der Waals surface area contributed by atoms with E-state index < -0.39 is 0 Å². The van der Waals surface area contributed by atoms with Crippen molar-refractivity contribution in [2.75, 3.05) is 11.4 Å². The minimum absolute atomic E-state index is 0.415. The van der Waals surface area contributed by atoms with Gasteiger partial charge < -0.3 is 10.6 Å². The minimum Gasteiger partial charge on any atom is -0.368 e. The van der Waals surface area contributed by atoms with Crippen LogP contribution in [-0.2, 0) is 6.42 Å². The van der Waals surface area contributed by atoms with Crippen molar-refractivity contribution < 1.29 is 0 Å². The Hall–Kier alpha value is -0.540. The number of anilines is 1. The molecule has 86 valence electrons. The van der Waals surface area contributed by atoms with Crippen molar-refractivity contribution in [2.45, 2.75) is 37.8 Å². The van der Waals surface area contributed by atoms with E-state index in [2.05, 4.69) is 39.0 Å². The number of nitrogens with two attached hydrogens (primary N) is 1. The highest BCUT2D eigenvalue weighted by atomic mass is 79.9. The molecule has 0 aromatic heterocycles. The van der Waals surface area contributed by atoms with Crippen LogP contribution in [0.5, 0.6) is 0 Å². The molecule has 0 saturated carbocycles. The molecule has 0 radical (unpaired) electrons. The van der Waals surface area contributed by atoms with Crippen molar-refractivity contribution in [3.63, 3.8) is 0 Å². The molecule has 1 aromatic carbocycles. The second kappa shape index (κ2) is 4.04. The van der Waals surface area contributed by atoms with Crippen LogP contribution in [0.15, 0.2) is 22.7 Å². The molecule has 2 aliphatic rings. The predicted octanol–water partition coefficient (Wildman–Crippen LogP) is 2.69. The molecule has 3 rings (SSSR count). The largest absolute Gasteiger partial charge is 0.368 e. The number of nitrogens with zero attached hydrogens (tertiary/aromatic N) is 1. The lowest BCUT2D eigenvalue weighted by Crippen LogP contribution is -2.49. The summed E-state index contributed by atoms with van der Waals surface area (Å²) in [5, 5.41) is 0. The van der Waals surface area contributed by atoms with Gasteiger partial charge in [-0.3, -0.25) is 0 Å². The van der Waals surface area contributed by atoms with E-state index in [4.69, 9.17) is 5.73 Å². The minimum atomic E-state index is 0.415. The highest BCUT2D eigenvalue weighted by Crippen LogP contribution is 2.36. The maximum absolute atomic E-state index is 6.05. The average molecular weight is 281 g/mol. The Morgan fingerprint density at radius 1 is 1.31 bits per heavy atom. The molecule has 0 bridgehead atoms. The molecule has 16 heavy (non-hydrogen) atoms. The van der Waals surface area contributed by atoms with Gasteiger partial charge >= 0.3 is 0 Å². The number of fused-ring (bicyclic) bond motifs is 3. The Bertz CT molecular complexity index is 405. The number of benzene rings is 1. The normalized spacial score (nSPS) is 28.5. The topological polar surface area (TPSA) is 29.3 Å². The molecular formula is C13H17BrN2. The fraction of sp³-hybridized carbons (Fsp3) is 0.538. The molecule has 0 aliphatic carbocycles. The summed E-state index contributed by atoms with van der Waals surface area (Å²) in [7, 11) is 0. The molecule has 1 saturated heterocycles. The predicted molar refractivity (Wildman–Crippen MR) is 70.8 cm³/mol. The van der Waals surface area contributed by atoms with E-state index in [1.807, 2.05) is 0 Å². The molecule has 0 spiro atoms. The Morgan fingerprint density at radius 3 is 3.06 bits per heavy atom. The summed E-state index contributed by atoms with van der Waals surface area (Å²) in [6.45, 7) is 1.13. The lowest BCUT2D eigenvalue weighted by molar-refractivity contribution is 0.384. The third-order valence-corrected chi connectivity index (χ3v) is 4.35. The van der Waals surface area contributed by atoms with Crippen LogP contribution < -0.4 is 10.6 Å². The molecule has 2 atom stereocenters. The second-order valence-corrected chi connectivity index (χ2v) is 5.86. The van der Waals surface area contributed by atoms with Gasteiger partial charge in [-0.05, 0) is 49.4 Å². The van der Waals surface area contributed by atoms with Crippen molar-refractivity contribution in [1.82, 2.24) is 0 Å². The molecule has 2 nitrogen and oxygen atoms in total. The molecule has 2 N–H and O–H groups in total. The van der Waals surface area contributed by atoms with Crippen LogP contribution in [0, 0.1) is 0 Å². The fourth-order valence-corrected chi connectivity index (χ4v) is 3.44. The first-order valence-electron chi connectivity index (χ1n) is 6.04. The van der Waals surface area contributed by atoms with Gasteiger partial charge in [0.1, 0.15) is 0 Å². The first kappa shape index (κ1) is 10.6. The molecule has 1 fully saturated rings. The first-order valence-corrected chi connectivity index (χ1v) is 6.84. The van der Waals surface area contributed by atoms with E-state index in [0.717, 1.165) is 19.4 Å². The van der Waals surface area contributed by atoms with Crippen molar-refractivity contribution in [3.05, 3.63) is 28.2 Å². The van der Waals surface area contributed by atoms with Gasteiger partial charge in [0.15, 0.2) is 0 Å². The van der Waals surface area contributed by atoms with Crippen LogP contribution in [0.2, 0.25) is 0 Å². The summed E-state index contributed by atoms with van der Waals surface area (Å²) < 4.78 is 1.19. The first-order chi connectivity index (χ1) is 7.74. The van der Waals surface area contributed by atoms with E-state index in [9.17, 15) is 0 Å². The van der Waals surface area contributed by atoms with E-state index in [1.165, 1.54) is 28.6 Å². The molecule has 2 heterocycles. The number of hydrogen-bond acceptors (Lipinski definition) is 2. The summed E-state index contributed by atoms with van der Waals surface area (Å²) in [6.07, 6.45) is 4.75. The van der Waals surface area contributed by atoms with Crippen LogP contribution in [0.25, 0.3) is 0 Å². The lowest BCUT2D eigenvalue weighted by atomic mass is 9.88. The Morgan fingerprint density at radius 2 is 2.19 bits per heavy atom. The highest BCUT2D eigenvalue weighted by molar-refractivity contribution is 9.10. The number of rotatable bonds is 0. The van der Waals surface area contributed by atoms with Crippen LogP contribution in [0.1, 0.15) is 24.8 Å². The number of piperidine rings is 1. The maximum Gasteiger partial charge on any atom is 0.0402 e. The quantitative estimate of drug-likeness (QED) is 0.792. The van der Waals surface area contributed by atoms with Gasteiger partial charge in [-0.25, -0.2) is 0 Å². The van der Waals surface area contributed by atoms with Gasteiger partial charge in [0.05, 0.1) is 0 Å². The molecule has 3 heteroatoms. The van der Waals surface area contributed by atoms with E-state index in [1.54, 1.807) is 0 Å². The number of hydrogen-bond donors (Lipinski definition) is 1. The van der Waals surface area contributed by atoms with Gasteiger partial charge in [0, 0.05) is 28.8 Å². The standard InChI is InChI=1S/C13H17BrN2/c14-10-2-4-13-9(7-10)1-3-12-8-11(15)5-6-16(12)13/h2,4,7,11-12H,1,3,5-6,8,15H2. The van der Waals surface area contributed by atoms with Crippen LogP contribution in [0.3, 0.4) is 0 Å². The Labute approximate surface area is 105 Å². The lowest BCUT2D eigenvalue weighted by Gasteiger charge is -2.44. The van der Waals surface area contributed by atoms with Crippen LogP contribution >= 0.6 is 15.9 Å². The summed E-state index contributed by atoms with van der Waals surface area (Å²) in [4.78, 5) is 2.56. The zero-order valence-electron chi connectivity index (χ0n) is 9.32. The number of halogens is 1. The molecule has 1 aromatic rings. The van der Waals surface area contributed by atoms with Crippen molar-refractivity contribution in [2.24, 2.45) is 5.73 Å². The van der Waals surface area contributed by atoms with Crippen LogP contribution in [-0.4, -0.2) is 18.6 Å². The molecular weight excluding hydrogens is 264 g/mol. The summed E-state index contributed by atoms with van der Waals surface area (Å²) >= 11 is 3.55. The van der Waals surface area contributed by atoms with E-state index in [0.29, 0.717) is 12.1 Å². The summed E-state index contributed by atoms with van der Waals surface area (Å²) in [6, 6.07) is 7.76. The smallest absolute Gasteiger partial charge is 0.0402 e. The third-order valence-electron chi connectivity index (χ3n) is 3.85. The van der Waals surface area contributed by atoms with Crippen molar-refractivity contribution in [1.29, 1.82) is 0 Å². The summed E-state index contributed by atoms with van der Waals surface area (Å²) in [5.41, 5.74) is 8.98.